The molecule has 0 aromatic heterocycles. The molecular formula is C50H68FN5O12. The van der Waals surface area contributed by atoms with Crippen LogP contribution in [0.3, 0.4) is 0 Å². The van der Waals surface area contributed by atoms with E-state index in [-0.39, 0.29) is 86.0 Å². The molecule has 5 rings (SSSR count). The van der Waals surface area contributed by atoms with E-state index in [9.17, 15) is 38.3 Å². The van der Waals surface area contributed by atoms with Crippen molar-refractivity contribution in [3.63, 3.8) is 0 Å². The summed E-state index contributed by atoms with van der Waals surface area (Å²) in [6, 6.07) is 13.0. The van der Waals surface area contributed by atoms with Crippen molar-refractivity contribution in [2.75, 3.05) is 78.7 Å². The summed E-state index contributed by atoms with van der Waals surface area (Å²) in [5.41, 5.74) is -1.22. The number of carbonyl (C=O) groups excluding carboxylic acids is 5. The van der Waals surface area contributed by atoms with Crippen molar-refractivity contribution in [1.82, 2.24) is 24.9 Å². The van der Waals surface area contributed by atoms with Crippen LogP contribution in [0.1, 0.15) is 96.9 Å². The zero-order valence-electron chi connectivity index (χ0n) is 41.3. The van der Waals surface area contributed by atoms with Crippen LogP contribution in [-0.2, 0) is 18.9 Å². The summed E-state index contributed by atoms with van der Waals surface area (Å²) in [6.07, 6.45) is -1.74. The molecular weight excluding hydrogens is 882 g/mol. The highest BCUT2D eigenvalue weighted by molar-refractivity contribution is 6.09. The molecule has 2 N–H and O–H groups in total. The van der Waals surface area contributed by atoms with Crippen molar-refractivity contribution in [3.8, 4) is 28.2 Å². The summed E-state index contributed by atoms with van der Waals surface area (Å²) in [6.45, 7) is 20.0. The van der Waals surface area contributed by atoms with E-state index in [1.807, 2.05) is 18.7 Å². The van der Waals surface area contributed by atoms with Crippen molar-refractivity contribution in [3.05, 3.63) is 75.9 Å². The number of alkyl halides is 1. The maximum absolute atomic E-state index is 13.9. The van der Waals surface area contributed by atoms with Crippen LogP contribution in [0.2, 0.25) is 0 Å². The number of halogens is 1. The van der Waals surface area contributed by atoms with Crippen molar-refractivity contribution in [2.45, 2.75) is 93.0 Å². The number of phenolic OH excluding ortho intramolecular Hbond substituents is 1. The van der Waals surface area contributed by atoms with Gasteiger partial charge in [0.05, 0.1) is 5.56 Å². The largest absolute Gasteiger partial charge is 0.508 e. The smallest absolute Gasteiger partial charge is 0.410 e. The van der Waals surface area contributed by atoms with E-state index in [1.54, 1.807) is 80.5 Å². The second kappa shape index (κ2) is 23.5. The van der Waals surface area contributed by atoms with E-state index in [0.29, 0.717) is 35.2 Å². The highest BCUT2D eigenvalue weighted by atomic mass is 19.1. The van der Waals surface area contributed by atoms with Crippen molar-refractivity contribution in [1.29, 1.82) is 0 Å². The lowest BCUT2D eigenvalue weighted by atomic mass is 9.89. The third-order valence-electron chi connectivity index (χ3n) is 10.1. The zero-order chi connectivity index (χ0) is 50.6. The van der Waals surface area contributed by atoms with Gasteiger partial charge in [0.1, 0.15) is 47.2 Å². The molecule has 4 amide bonds. The lowest BCUT2D eigenvalue weighted by molar-refractivity contribution is 0.00476. The molecule has 0 atom stereocenters. The van der Waals surface area contributed by atoms with Gasteiger partial charge in [0.15, 0.2) is 5.43 Å². The molecule has 3 aliphatic rings. The Bertz CT molecular complexity index is 2370. The molecule has 17 nitrogen and oxygen atoms in total. The molecule has 2 aromatic carbocycles. The molecule has 18 heteroatoms. The predicted octanol–water partition coefficient (Wildman–Crippen LogP) is 8.18. The first-order valence-corrected chi connectivity index (χ1v) is 22.9. The highest BCUT2D eigenvalue weighted by Gasteiger charge is 2.30. The van der Waals surface area contributed by atoms with Gasteiger partial charge in [-0.1, -0.05) is 19.9 Å². The fourth-order valence-corrected chi connectivity index (χ4v) is 7.07. The number of nitrogens with zero attached hydrogens (tertiary/aromatic N) is 4. The average molecular weight is 950 g/mol. The van der Waals surface area contributed by atoms with E-state index in [0.717, 1.165) is 0 Å². The number of aromatic hydroxyl groups is 1. The van der Waals surface area contributed by atoms with Crippen LogP contribution in [0, 0.1) is 0 Å². The summed E-state index contributed by atoms with van der Waals surface area (Å²) in [7, 11) is 0. The van der Waals surface area contributed by atoms with Gasteiger partial charge in [-0.2, -0.15) is 0 Å². The summed E-state index contributed by atoms with van der Waals surface area (Å²) >= 11 is 0. The molecule has 2 aromatic rings. The van der Waals surface area contributed by atoms with Crippen LogP contribution >= 0.6 is 0 Å². The Balaban J connectivity index is 0.00000497. The van der Waals surface area contributed by atoms with Gasteiger partial charge >= 0.3 is 24.2 Å². The van der Waals surface area contributed by atoms with Crippen LogP contribution in [-0.4, -0.2) is 150 Å². The third-order valence-corrected chi connectivity index (χ3v) is 10.1. The van der Waals surface area contributed by atoms with E-state index >= 15 is 0 Å². The van der Waals surface area contributed by atoms with Crippen LogP contribution in [0.25, 0.3) is 33.4 Å². The number of phenols is 1. The van der Waals surface area contributed by atoms with Gasteiger partial charge in [-0.25, -0.2) is 23.6 Å². The van der Waals surface area contributed by atoms with E-state index < -0.39 is 60.2 Å². The lowest BCUT2D eigenvalue weighted by Gasteiger charge is -2.35. The summed E-state index contributed by atoms with van der Waals surface area (Å²) in [4.78, 5) is 86.7. The van der Waals surface area contributed by atoms with E-state index in [4.69, 9.17) is 23.4 Å². The van der Waals surface area contributed by atoms with Crippen molar-refractivity contribution < 1.29 is 56.8 Å². The Morgan fingerprint density at radius 1 is 0.676 bits per heavy atom. The monoisotopic (exact) mass is 949 g/mol. The van der Waals surface area contributed by atoms with Crippen LogP contribution in [0.4, 0.5) is 18.8 Å². The molecule has 2 heterocycles. The minimum atomic E-state index is -0.936. The van der Waals surface area contributed by atoms with Crippen LogP contribution < -0.4 is 10.7 Å². The summed E-state index contributed by atoms with van der Waals surface area (Å²) in [5.74, 6) is -1.34. The van der Waals surface area contributed by atoms with Crippen LogP contribution in [0.5, 0.6) is 5.75 Å². The SMILES string of the molecule is CC.CC(C)(C)OC(=O)N1CCN(CCNC(=O)c2ccc(-c3c4ccc(=O)cc-4oc4cc(O)ccc34)c(C(=O)OCCF)c2)CCN(C(=O)OC(C)(C)C)CCN(C(=O)OC(C)(C)C)CC1. The lowest BCUT2D eigenvalue weighted by Crippen LogP contribution is -2.51. The number of esters is 1. The average Bonchev–Trinajstić information content (AvgIpc) is 3.24. The molecule has 372 valence electrons. The van der Waals surface area contributed by atoms with Crippen molar-refractivity contribution in [2.24, 2.45) is 0 Å². The molecule has 0 spiro atoms. The number of carbonyl (C=O) groups is 5. The van der Waals surface area contributed by atoms with E-state index in [2.05, 4.69) is 5.32 Å². The fourth-order valence-electron chi connectivity index (χ4n) is 7.07. The Labute approximate surface area is 397 Å². The molecule has 1 aliphatic carbocycles. The Hall–Kier alpha value is -6.43. The van der Waals surface area contributed by atoms with Gasteiger partial charge in [-0.05, 0) is 104 Å². The molecule has 0 radical (unpaired) electrons. The number of benzene rings is 3. The minimum absolute atomic E-state index is 0.0538. The standard InChI is InChI=1S/C48H62FN5O12.C2H6/c1-46(2,3)64-43(59)52-21-19-51(20-22-53(44(60)65-47(4,5)6)24-26-54(25-23-52)45(61)66-48(7,8)9)18-17-50-41(57)31-10-13-34(37(28-31)42(58)62-27-16-49)40-35-14-11-32(55)29-38(35)63-39-30-33(56)12-15-36(39)40;1-2/h10-15,28-30,55H,16-27H2,1-9H3,(H,50,57);1-2H3. The first-order chi connectivity index (χ1) is 31.9. The predicted molar refractivity (Wildman–Crippen MR) is 256 cm³/mol. The number of amides is 4. The summed E-state index contributed by atoms with van der Waals surface area (Å²) < 4.78 is 41.6. The number of ether oxygens (including phenoxy) is 4. The zero-order valence-corrected chi connectivity index (χ0v) is 41.3. The number of hydrogen-bond donors (Lipinski definition) is 2. The number of fused-ring (bicyclic) bond motifs is 2. The number of nitrogens with one attached hydrogen (secondary N) is 1. The van der Waals surface area contributed by atoms with Gasteiger partial charge in [0, 0.05) is 99.7 Å². The van der Waals surface area contributed by atoms with Crippen LogP contribution in [0.15, 0.2) is 63.8 Å². The van der Waals surface area contributed by atoms with Gasteiger partial charge in [0.25, 0.3) is 5.91 Å². The van der Waals surface area contributed by atoms with Gasteiger partial charge in [0.2, 0.25) is 0 Å². The molecule has 1 fully saturated rings. The second-order valence-electron chi connectivity index (χ2n) is 18.9. The van der Waals surface area contributed by atoms with Gasteiger partial charge < -0.3 is 48.5 Å². The molecule has 68 heavy (non-hydrogen) atoms. The second-order valence-corrected chi connectivity index (χ2v) is 18.9. The van der Waals surface area contributed by atoms with Crippen molar-refractivity contribution >= 4 is 41.1 Å². The maximum atomic E-state index is 13.9. The molecule has 0 saturated carbocycles. The van der Waals surface area contributed by atoms with Gasteiger partial charge in [-0.15, -0.1) is 0 Å². The summed E-state index contributed by atoms with van der Waals surface area (Å²) in [5, 5.41) is 13.6. The number of rotatable bonds is 8. The van der Waals surface area contributed by atoms with Gasteiger partial charge in [-0.3, -0.25) is 14.5 Å². The topological polar surface area (TPSA) is 198 Å². The normalized spacial score (nSPS) is 14.5. The fraction of sp³-hybridized carbons (Fsp3) is 0.520. The highest BCUT2D eigenvalue weighted by Crippen LogP contribution is 2.42. The molecule has 2 aliphatic heterocycles. The van der Waals surface area contributed by atoms with E-state index in [1.165, 1.54) is 51.1 Å². The first-order valence-electron chi connectivity index (χ1n) is 22.9. The Kier molecular flexibility index (Phi) is 18.7. The molecule has 0 bridgehead atoms. The number of hydrogen-bond acceptors (Lipinski definition) is 13. The molecule has 0 unspecified atom stereocenters. The molecule has 1 saturated heterocycles. The Morgan fingerprint density at radius 3 is 1.68 bits per heavy atom. The maximum Gasteiger partial charge on any atom is 0.410 e. The third kappa shape index (κ3) is 15.8. The quantitative estimate of drug-likeness (QED) is 0.0975. The minimum Gasteiger partial charge on any atom is -0.508 e. The Morgan fingerprint density at radius 2 is 1.18 bits per heavy atom. The first kappa shape index (κ1) is 54.2.